The van der Waals surface area contributed by atoms with E-state index in [1.165, 1.54) is 10.4 Å². The maximum atomic E-state index is 9.27. The Labute approximate surface area is 87.7 Å². The van der Waals surface area contributed by atoms with Crippen LogP contribution in [0.15, 0.2) is 41.8 Å². The van der Waals surface area contributed by atoms with Gasteiger partial charge in [0.15, 0.2) is 0 Å². The molecule has 1 aromatic carbocycles. The predicted molar refractivity (Wildman–Crippen MR) is 59.8 cm³/mol. The van der Waals surface area contributed by atoms with Gasteiger partial charge in [-0.1, -0.05) is 18.2 Å². The summed E-state index contributed by atoms with van der Waals surface area (Å²) in [6.45, 7) is 0. The molecule has 0 aliphatic heterocycles. The second-order valence-electron chi connectivity index (χ2n) is 3.25. The summed E-state index contributed by atoms with van der Waals surface area (Å²) in [6.07, 6.45) is 2.05. The molecule has 2 heteroatoms. The Morgan fingerprint density at radius 1 is 1.07 bits per heavy atom. The Balaban J connectivity index is 1.98. The van der Waals surface area contributed by atoms with Gasteiger partial charge in [0.05, 0.1) is 0 Å². The standard InChI is InChI=1S/C12H12OS/c13-11-4-1-3-10(9-11)6-7-12-5-2-8-14-12/h1-5,8-9,13H,6-7H2. The fraction of sp³-hybridized carbons (Fsp3) is 0.167. The minimum atomic E-state index is 0.355. The molecular formula is C12H12OS. The van der Waals surface area contributed by atoms with E-state index in [0.29, 0.717) is 5.75 Å². The van der Waals surface area contributed by atoms with Gasteiger partial charge in [-0.3, -0.25) is 0 Å². The molecule has 0 unspecified atom stereocenters. The van der Waals surface area contributed by atoms with Crippen LogP contribution in [0.3, 0.4) is 0 Å². The van der Waals surface area contributed by atoms with Crippen molar-refractivity contribution in [3.8, 4) is 5.75 Å². The summed E-state index contributed by atoms with van der Waals surface area (Å²) in [6, 6.07) is 11.7. The van der Waals surface area contributed by atoms with Crippen molar-refractivity contribution in [2.75, 3.05) is 0 Å². The van der Waals surface area contributed by atoms with Crippen molar-refractivity contribution in [2.24, 2.45) is 0 Å². The predicted octanol–water partition coefficient (Wildman–Crippen LogP) is 3.24. The van der Waals surface area contributed by atoms with Crippen molar-refractivity contribution in [3.05, 3.63) is 52.2 Å². The van der Waals surface area contributed by atoms with Crippen molar-refractivity contribution in [1.29, 1.82) is 0 Å². The first-order valence-corrected chi connectivity index (χ1v) is 5.53. The highest BCUT2D eigenvalue weighted by atomic mass is 32.1. The zero-order valence-corrected chi connectivity index (χ0v) is 8.63. The number of benzene rings is 1. The van der Waals surface area contributed by atoms with E-state index < -0.39 is 0 Å². The lowest BCUT2D eigenvalue weighted by molar-refractivity contribution is 0.474. The lowest BCUT2D eigenvalue weighted by Crippen LogP contribution is -1.87. The van der Waals surface area contributed by atoms with Gasteiger partial charge in [0.25, 0.3) is 0 Å². The van der Waals surface area contributed by atoms with Crippen LogP contribution in [-0.2, 0) is 12.8 Å². The smallest absolute Gasteiger partial charge is 0.115 e. The van der Waals surface area contributed by atoms with Gasteiger partial charge in [-0.2, -0.15) is 0 Å². The SMILES string of the molecule is Oc1cccc(CCc2cccs2)c1. The molecule has 0 aliphatic carbocycles. The van der Waals surface area contributed by atoms with Crippen LogP contribution < -0.4 is 0 Å². The topological polar surface area (TPSA) is 20.2 Å². The third kappa shape index (κ3) is 2.36. The number of rotatable bonds is 3. The molecule has 1 aromatic heterocycles. The van der Waals surface area contributed by atoms with Crippen LogP contribution in [-0.4, -0.2) is 5.11 Å². The average molecular weight is 204 g/mol. The molecule has 0 spiro atoms. The van der Waals surface area contributed by atoms with E-state index in [4.69, 9.17) is 0 Å². The monoisotopic (exact) mass is 204 g/mol. The third-order valence-electron chi connectivity index (χ3n) is 2.15. The molecule has 0 atom stereocenters. The molecule has 14 heavy (non-hydrogen) atoms. The third-order valence-corrected chi connectivity index (χ3v) is 3.09. The van der Waals surface area contributed by atoms with Gasteiger partial charge in [-0.05, 0) is 42.0 Å². The van der Waals surface area contributed by atoms with Gasteiger partial charge >= 0.3 is 0 Å². The molecule has 2 aromatic rings. The maximum absolute atomic E-state index is 9.27. The van der Waals surface area contributed by atoms with Gasteiger partial charge in [-0.25, -0.2) is 0 Å². The van der Waals surface area contributed by atoms with E-state index in [1.807, 2.05) is 18.2 Å². The van der Waals surface area contributed by atoms with Gasteiger partial charge in [0, 0.05) is 4.88 Å². The zero-order valence-electron chi connectivity index (χ0n) is 7.81. The molecule has 0 saturated heterocycles. The van der Waals surface area contributed by atoms with E-state index in [1.54, 1.807) is 17.4 Å². The van der Waals surface area contributed by atoms with Gasteiger partial charge < -0.3 is 5.11 Å². The van der Waals surface area contributed by atoms with E-state index in [0.717, 1.165) is 12.8 Å². The minimum absolute atomic E-state index is 0.355. The van der Waals surface area contributed by atoms with Crippen molar-refractivity contribution < 1.29 is 5.11 Å². The van der Waals surface area contributed by atoms with Crippen molar-refractivity contribution in [2.45, 2.75) is 12.8 Å². The fourth-order valence-electron chi connectivity index (χ4n) is 1.43. The number of phenolic OH excluding ortho intramolecular Hbond substituents is 1. The van der Waals surface area contributed by atoms with E-state index >= 15 is 0 Å². The molecule has 1 heterocycles. The summed E-state index contributed by atoms with van der Waals surface area (Å²) < 4.78 is 0. The number of hydrogen-bond acceptors (Lipinski definition) is 2. The normalized spacial score (nSPS) is 10.3. The molecule has 0 saturated carbocycles. The summed E-state index contributed by atoms with van der Waals surface area (Å²) in [5, 5.41) is 11.4. The lowest BCUT2D eigenvalue weighted by Gasteiger charge is -2.00. The molecule has 0 aliphatic rings. The lowest BCUT2D eigenvalue weighted by atomic mass is 10.1. The Morgan fingerprint density at radius 2 is 2.00 bits per heavy atom. The van der Waals surface area contributed by atoms with Crippen LogP contribution in [0.1, 0.15) is 10.4 Å². The Morgan fingerprint density at radius 3 is 2.71 bits per heavy atom. The highest BCUT2D eigenvalue weighted by Crippen LogP contribution is 2.15. The highest BCUT2D eigenvalue weighted by molar-refractivity contribution is 7.09. The Hall–Kier alpha value is -1.28. The van der Waals surface area contributed by atoms with Gasteiger partial charge in [0.2, 0.25) is 0 Å². The van der Waals surface area contributed by atoms with Crippen molar-refractivity contribution in [3.63, 3.8) is 0 Å². The molecule has 0 amide bonds. The fourth-order valence-corrected chi connectivity index (χ4v) is 2.14. The molecular weight excluding hydrogens is 192 g/mol. The van der Waals surface area contributed by atoms with Crippen molar-refractivity contribution in [1.82, 2.24) is 0 Å². The second kappa shape index (κ2) is 4.29. The average Bonchev–Trinajstić information content (AvgIpc) is 2.67. The Bertz CT molecular complexity index is 392. The van der Waals surface area contributed by atoms with Crippen LogP contribution in [0, 0.1) is 0 Å². The van der Waals surface area contributed by atoms with E-state index in [-0.39, 0.29) is 0 Å². The first-order valence-electron chi connectivity index (χ1n) is 4.65. The van der Waals surface area contributed by atoms with E-state index in [2.05, 4.69) is 17.5 Å². The Kier molecular flexibility index (Phi) is 2.84. The first-order chi connectivity index (χ1) is 6.84. The van der Waals surface area contributed by atoms with Crippen LogP contribution in [0.25, 0.3) is 0 Å². The number of phenols is 1. The van der Waals surface area contributed by atoms with Crippen LogP contribution in [0.5, 0.6) is 5.75 Å². The molecule has 0 fully saturated rings. The minimum Gasteiger partial charge on any atom is -0.508 e. The number of thiophene rings is 1. The molecule has 0 radical (unpaired) electrons. The molecule has 1 N–H and O–H groups in total. The summed E-state index contributed by atoms with van der Waals surface area (Å²) in [7, 11) is 0. The second-order valence-corrected chi connectivity index (χ2v) is 4.28. The molecule has 2 rings (SSSR count). The summed E-state index contributed by atoms with van der Waals surface area (Å²) in [5.74, 6) is 0.355. The maximum Gasteiger partial charge on any atom is 0.115 e. The summed E-state index contributed by atoms with van der Waals surface area (Å²) >= 11 is 1.78. The number of aryl methyl sites for hydroxylation is 2. The van der Waals surface area contributed by atoms with Crippen LogP contribution in [0.4, 0.5) is 0 Å². The van der Waals surface area contributed by atoms with Gasteiger partial charge in [0.1, 0.15) is 5.75 Å². The largest absolute Gasteiger partial charge is 0.508 e. The molecule has 72 valence electrons. The van der Waals surface area contributed by atoms with E-state index in [9.17, 15) is 5.11 Å². The van der Waals surface area contributed by atoms with Crippen LogP contribution in [0.2, 0.25) is 0 Å². The number of aromatic hydroxyl groups is 1. The van der Waals surface area contributed by atoms with Crippen molar-refractivity contribution >= 4 is 11.3 Å². The highest BCUT2D eigenvalue weighted by Gasteiger charge is 1.97. The number of hydrogen-bond donors (Lipinski definition) is 1. The molecule has 0 bridgehead atoms. The van der Waals surface area contributed by atoms with Crippen LogP contribution >= 0.6 is 11.3 Å². The van der Waals surface area contributed by atoms with Gasteiger partial charge in [-0.15, -0.1) is 11.3 Å². The zero-order chi connectivity index (χ0) is 9.80. The summed E-state index contributed by atoms with van der Waals surface area (Å²) in [4.78, 5) is 1.40. The first kappa shape index (κ1) is 9.28. The quantitative estimate of drug-likeness (QED) is 0.813. The summed E-state index contributed by atoms with van der Waals surface area (Å²) in [5.41, 5.74) is 1.19. The molecule has 1 nitrogen and oxygen atoms in total.